The smallest absolute Gasteiger partial charge is 0.164 e. The van der Waals surface area contributed by atoms with E-state index in [4.69, 9.17) is 0 Å². The second kappa shape index (κ2) is 4.31. The van der Waals surface area contributed by atoms with Gasteiger partial charge in [0.05, 0.1) is 11.3 Å². The van der Waals surface area contributed by atoms with Crippen LogP contribution in [-0.2, 0) is 0 Å². The van der Waals surface area contributed by atoms with E-state index in [1.54, 1.807) is 6.92 Å². The van der Waals surface area contributed by atoms with E-state index in [0.717, 1.165) is 28.7 Å². The number of carbonyl (C=O) groups excluding carboxylic acids is 1. The molecule has 1 saturated carbocycles. The Labute approximate surface area is 94.1 Å². The molecule has 0 unspecified atom stereocenters. The summed E-state index contributed by atoms with van der Waals surface area (Å²) in [6.07, 6.45) is 3.97. The fourth-order valence-corrected chi connectivity index (χ4v) is 2.57. The molecule has 1 heterocycles. The summed E-state index contributed by atoms with van der Waals surface area (Å²) in [7, 11) is 0. The van der Waals surface area contributed by atoms with Crippen molar-refractivity contribution in [2.24, 2.45) is 5.92 Å². The summed E-state index contributed by atoms with van der Waals surface area (Å²) in [5.41, 5.74) is 1.62. The number of nitrogens with one attached hydrogen (secondary N) is 1. The predicted molar refractivity (Wildman–Crippen MR) is 62.7 cm³/mol. The van der Waals surface area contributed by atoms with Crippen LogP contribution in [-0.4, -0.2) is 16.7 Å². The van der Waals surface area contributed by atoms with Gasteiger partial charge in [0, 0.05) is 6.54 Å². The van der Waals surface area contributed by atoms with Crippen molar-refractivity contribution in [3.05, 3.63) is 11.3 Å². The van der Waals surface area contributed by atoms with E-state index in [9.17, 15) is 4.79 Å². The van der Waals surface area contributed by atoms with Crippen LogP contribution in [0.25, 0.3) is 0 Å². The first-order valence-corrected chi connectivity index (χ1v) is 6.17. The Bertz CT molecular complexity index is 369. The van der Waals surface area contributed by atoms with Gasteiger partial charge in [0.15, 0.2) is 5.78 Å². The third kappa shape index (κ3) is 2.56. The van der Waals surface area contributed by atoms with Crippen molar-refractivity contribution in [1.82, 2.24) is 4.37 Å². The van der Waals surface area contributed by atoms with Crippen molar-refractivity contribution < 1.29 is 4.79 Å². The van der Waals surface area contributed by atoms with Crippen LogP contribution in [0, 0.1) is 12.8 Å². The van der Waals surface area contributed by atoms with Crippen LogP contribution in [0.15, 0.2) is 0 Å². The second-order valence-electron chi connectivity index (χ2n) is 4.19. The molecule has 3 nitrogen and oxygen atoms in total. The van der Waals surface area contributed by atoms with Crippen molar-refractivity contribution in [2.45, 2.75) is 33.1 Å². The van der Waals surface area contributed by atoms with Gasteiger partial charge < -0.3 is 5.32 Å². The van der Waals surface area contributed by atoms with E-state index in [1.165, 1.54) is 30.8 Å². The van der Waals surface area contributed by atoms with E-state index >= 15 is 0 Å². The van der Waals surface area contributed by atoms with E-state index in [0.29, 0.717) is 0 Å². The molecule has 4 heteroatoms. The standard InChI is InChI=1S/C11H16N2OS/c1-7-10(8(2)14)11(15-13-7)12-6-5-9-3-4-9/h9,12H,3-6H2,1-2H3. The van der Waals surface area contributed by atoms with Gasteiger partial charge in [-0.1, -0.05) is 12.8 Å². The molecule has 0 aliphatic heterocycles. The average Bonchev–Trinajstić information content (AvgIpc) is 2.90. The number of hydrogen-bond acceptors (Lipinski definition) is 4. The summed E-state index contributed by atoms with van der Waals surface area (Å²) in [5, 5.41) is 4.27. The molecule has 1 aromatic rings. The maximum absolute atomic E-state index is 11.4. The summed E-state index contributed by atoms with van der Waals surface area (Å²) >= 11 is 1.39. The van der Waals surface area contributed by atoms with Gasteiger partial charge in [-0.25, -0.2) is 0 Å². The van der Waals surface area contributed by atoms with Crippen LogP contribution >= 0.6 is 11.5 Å². The minimum Gasteiger partial charge on any atom is -0.375 e. The monoisotopic (exact) mass is 224 g/mol. The highest BCUT2D eigenvalue weighted by Gasteiger charge is 2.21. The maximum Gasteiger partial charge on any atom is 0.164 e. The summed E-state index contributed by atoms with van der Waals surface area (Å²) in [4.78, 5) is 11.4. The Balaban J connectivity index is 1.96. The number of hydrogen-bond donors (Lipinski definition) is 1. The summed E-state index contributed by atoms with van der Waals surface area (Å²) in [5.74, 6) is 1.03. The van der Waals surface area contributed by atoms with Crippen LogP contribution in [0.1, 0.15) is 42.2 Å². The molecule has 15 heavy (non-hydrogen) atoms. The maximum atomic E-state index is 11.4. The average molecular weight is 224 g/mol. The molecule has 1 fully saturated rings. The van der Waals surface area contributed by atoms with Crippen molar-refractivity contribution >= 4 is 22.3 Å². The molecule has 0 amide bonds. The summed E-state index contributed by atoms with van der Waals surface area (Å²) < 4.78 is 4.21. The number of carbonyl (C=O) groups is 1. The molecule has 0 radical (unpaired) electrons. The highest BCUT2D eigenvalue weighted by molar-refractivity contribution is 7.10. The zero-order valence-corrected chi connectivity index (χ0v) is 9.99. The first-order valence-electron chi connectivity index (χ1n) is 5.39. The molecule has 1 N–H and O–H groups in total. The minimum absolute atomic E-state index is 0.107. The Morgan fingerprint density at radius 3 is 2.93 bits per heavy atom. The van der Waals surface area contributed by atoms with Crippen molar-refractivity contribution in [3.8, 4) is 0 Å². The normalized spacial score (nSPS) is 15.3. The quantitative estimate of drug-likeness (QED) is 0.782. The first-order chi connectivity index (χ1) is 7.18. The molecule has 1 aromatic heterocycles. The van der Waals surface area contributed by atoms with Crippen LogP contribution in [0.3, 0.4) is 0 Å². The number of rotatable bonds is 5. The molecular formula is C11H16N2OS. The third-order valence-electron chi connectivity index (χ3n) is 2.75. The molecule has 0 bridgehead atoms. The van der Waals surface area contributed by atoms with E-state index in [2.05, 4.69) is 9.69 Å². The molecule has 82 valence electrons. The molecular weight excluding hydrogens is 208 g/mol. The van der Waals surface area contributed by atoms with Crippen LogP contribution in [0.4, 0.5) is 5.00 Å². The van der Waals surface area contributed by atoms with Crippen molar-refractivity contribution in [1.29, 1.82) is 0 Å². The molecule has 1 aliphatic carbocycles. The van der Waals surface area contributed by atoms with Crippen molar-refractivity contribution in [3.63, 3.8) is 0 Å². The van der Waals surface area contributed by atoms with Crippen LogP contribution in [0.5, 0.6) is 0 Å². The van der Waals surface area contributed by atoms with Gasteiger partial charge in [0.2, 0.25) is 0 Å². The van der Waals surface area contributed by atoms with Gasteiger partial charge in [0.1, 0.15) is 5.00 Å². The molecule has 1 aliphatic rings. The zero-order valence-electron chi connectivity index (χ0n) is 9.17. The van der Waals surface area contributed by atoms with Gasteiger partial charge in [0.25, 0.3) is 0 Å². The summed E-state index contributed by atoms with van der Waals surface area (Å²) in [6, 6.07) is 0. The first kappa shape index (κ1) is 10.6. The fourth-order valence-electron chi connectivity index (χ4n) is 1.70. The number of Topliss-reactive ketones (excluding diaryl/α,β-unsaturated/α-hetero) is 1. The zero-order chi connectivity index (χ0) is 10.8. The second-order valence-corrected chi connectivity index (χ2v) is 4.96. The molecule has 0 atom stereocenters. The van der Waals surface area contributed by atoms with Crippen LogP contribution in [0.2, 0.25) is 0 Å². The number of nitrogens with zero attached hydrogens (tertiary/aromatic N) is 1. The number of aryl methyl sites for hydroxylation is 1. The van der Waals surface area contributed by atoms with E-state index < -0.39 is 0 Å². The number of aromatic nitrogens is 1. The third-order valence-corrected chi connectivity index (χ3v) is 3.65. The summed E-state index contributed by atoms with van der Waals surface area (Å²) in [6.45, 7) is 4.45. The Morgan fingerprint density at radius 1 is 1.60 bits per heavy atom. The Hall–Kier alpha value is -0.900. The Kier molecular flexibility index (Phi) is 3.05. The van der Waals surface area contributed by atoms with Gasteiger partial charge in [-0.3, -0.25) is 4.79 Å². The van der Waals surface area contributed by atoms with E-state index in [1.807, 2.05) is 6.92 Å². The van der Waals surface area contributed by atoms with Crippen molar-refractivity contribution in [2.75, 3.05) is 11.9 Å². The molecule has 0 spiro atoms. The highest BCUT2D eigenvalue weighted by atomic mass is 32.1. The topological polar surface area (TPSA) is 42.0 Å². The molecule has 2 rings (SSSR count). The lowest BCUT2D eigenvalue weighted by atomic mass is 10.2. The van der Waals surface area contributed by atoms with Gasteiger partial charge in [-0.15, -0.1) is 0 Å². The SMILES string of the molecule is CC(=O)c1c(C)nsc1NCCC1CC1. The Morgan fingerprint density at radius 2 is 2.33 bits per heavy atom. The van der Waals surface area contributed by atoms with Crippen LogP contribution < -0.4 is 5.32 Å². The van der Waals surface area contributed by atoms with Gasteiger partial charge in [-0.2, -0.15) is 4.37 Å². The van der Waals surface area contributed by atoms with Gasteiger partial charge in [-0.05, 0) is 37.7 Å². The lowest BCUT2D eigenvalue weighted by Crippen LogP contribution is -2.05. The van der Waals surface area contributed by atoms with E-state index in [-0.39, 0.29) is 5.78 Å². The fraction of sp³-hybridized carbons (Fsp3) is 0.636. The largest absolute Gasteiger partial charge is 0.375 e. The number of ketones is 1. The predicted octanol–water partition coefficient (Wildman–Crippen LogP) is 2.87. The highest BCUT2D eigenvalue weighted by Crippen LogP contribution is 2.32. The molecule has 0 aromatic carbocycles. The van der Waals surface area contributed by atoms with Gasteiger partial charge >= 0.3 is 0 Å². The lowest BCUT2D eigenvalue weighted by Gasteiger charge is -2.04. The minimum atomic E-state index is 0.107. The molecule has 0 saturated heterocycles. The number of anilines is 1. The lowest BCUT2D eigenvalue weighted by molar-refractivity contribution is 0.101.